The second-order valence-electron chi connectivity index (χ2n) is 10.6. The molecule has 1 aromatic carbocycles. The number of halogens is 1. The van der Waals surface area contributed by atoms with Gasteiger partial charge in [-0.2, -0.15) is 0 Å². The number of hydrogen-bond acceptors (Lipinski definition) is 10. The third-order valence-corrected chi connectivity index (χ3v) is 8.47. The van der Waals surface area contributed by atoms with Crippen molar-refractivity contribution in [2.24, 2.45) is 23.3 Å². The lowest BCUT2D eigenvalue weighted by Gasteiger charge is -2.48. The van der Waals surface area contributed by atoms with E-state index < -0.39 is 86.7 Å². The first-order valence-electron chi connectivity index (χ1n) is 12.6. The average molecular weight is 545 g/mol. The number of aliphatic hydroxyl groups is 3. The van der Waals surface area contributed by atoms with E-state index in [1.54, 1.807) is 0 Å². The molecule has 2 amide bonds. The van der Waals surface area contributed by atoms with Crippen LogP contribution < -0.4 is 16.4 Å². The van der Waals surface area contributed by atoms with E-state index in [-0.39, 0.29) is 30.6 Å². The zero-order valence-electron chi connectivity index (χ0n) is 21.1. The van der Waals surface area contributed by atoms with E-state index in [1.807, 2.05) is 4.90 Å². The number of rotatable bonds is 4. The van der Waals surface area contributed by atoms with E-state index in [2.05, 4.69) is 0 Å². The van der Waals surface area contributed by atoms with Gasteiger partial charge in [-0.3, -0.25) is 24.1 Å². The number of ketones is 2. The fourth-order valence-electron chi connectivity index (χ4n) is 6.35. The number of anilines is 1. The molecule has 1 saturated carbocycles. The molecule has 1 aliphatic heterocycles. The highest BCUT2D eigenvalue weighted by molar-refractivity contribution is 6.24. The number of phenols is 1. The monoisotopic (exact) mass is 544 g/mol. The van der Waals surface area contributed by atoms with Crippen molar-refractivity contribution < 1.29 is 44.0 Å². The van der Waals surface area contributed by atoms with E-state index in [4.69, 9.17) is 11.5 Å². The fraction of sp³-hybridized carbons (Fsp3) is 0.462. The summed E-state index contributed by atoms with van der Waals surface area (Å²) in [4.78, 5) is 53.9. The highest BCUT2D eigenvalue weighted by atomic mass is 19.1. The Morgan fingerprint density at radius 3 is 2.46 bits per heavy atom. The predicted molar refractivity (Wildman–Crippen MR) is 134 cm³/mol. The molecule has 4 atom stereocenters. The zero-order chi connectivity index (χ0) is 28.5. The molecule has 8 N–H and O–H groups in total. The minimum Gasteiger partial charge on any atom is -0.508 e. The molecule has 0 bridgehead atoms. The number of primary amides is 1. The van der Waals surface area contributed by atoms with Crippen molar-refractivity contribution >= 4 is 34.8 Å². The van der Waals surface area contributed by atoms with Gasteiger partial charge in [-0.1, -0.05) is 0 Å². The second-order valence-corrected chi connectivity index (χ2v) is 10.6. The molecule has 3 aliphatic carbocycles. The van der Waals surface area contributed by atoms with Crippen molar-refractivity contribution in [3.05, 3.63) is 39.9 Å². The van der Waals surface area contributed by atoms with Gasteiger partial charge in [-0.25, -0.2) is 4.39 Å². The van der Waals surface area contributed by atoms with Gasteiger partial charge in [0.2, 0.25) is 11.7 Å². The topological polar surface area (TPSA) is 208 Å². The Balaban J connectivity index is 1.60. The Hall–Kier alpha value is -3.81. The smallest absolute Gasteiger partial charge is 0.255 e. The van der Waals surface area contributed by atoms with Gasteiger partial charge in [0.15, 0.2) is 17.1 Å². The molecule has 39 heavy (non-hydrogen) atoms. The summed E-state index contributed by atoms with van der Waals surface area (Å²) >= 11 is 0. The molecule has 208 valence electrons. The molecule has 13 heteroatoms. The molecule has 0 spiro atoms. The summed E-state index contributed by atoms with van der Waals surface area (Å²) < 4.78 is 15.4. The van der Waals surface area contributed by atoms with E-state index in [0.29, 0.717) is 0 Å². The number of likely N-dealkylation sites (N-methyl/N-ethyl adjacent to an activating group) is 1. The van der Waals surface area contributed by atoms with Crippen LogP contribution in [0.25, 0.3) is 5.76 Å². The van der Waals surface area contributed by atoms with Crippen molar-refractivity contribution in [2.75, 3.05) is 31.6 Å². The zero-order valence-corrected chi connectivity index (χ0v) is 21.1. The molecule has 1 aromatic rings. The Labute approximate surface area is 222 Å². The Morgan fingerprint density at radius 2 is 1.85 bits per heavy atom. The van der Waals surface area contributed by atoms with Gasteiger partial charge >= 0.3 is 0 Å². The summed E-state index contributed by atoms with van der Waals surface area (Å²) in [6.07, 6.45) is 1.45. The van der Waals surface area contributed by atoms with E-state index in [9.17, 15) is 39.6 Å². The third kappa shape index (κ3) is 3.75. The number of aliphatic hydroxyl groups excluding tert-OH is 2. The fourth-order valence-corrected chi connectivity index (χ4v) is 6.35. The second kappa shape index (κ2) is 9.14. The first-order chi connectivity index (χ1) is 18.3. The number of carbonyl (C=O) groups excluding carboxylic acids is 4. The van der Waals surface area contributed by atoms with Crippen LogP contribution >= 0.6 is 0 Å². The van der Waals surface area contributed by atoms with Crippen molar-refractivity contribution in [3.63, 3.8) is 0 Å². The summed E-state index contributed by atoms with van der Waals surface area (Å²) in [6.45, 7) is 1.51. The lowest BCUT2D eigenvalue weighted by Crippen LogP contribution is -2.65. The predicted octanol–water partition coefficient (Wildman–Crippen LogP) is -0.441. The average Bonchev–Trinajstić information content (AvgIpc) is 3.39. The van der Waals surface area contributed by atoms with Crippen LogP contribution in [0.2, 0.25) is 0 Å². The Bertz CT molecular complexity index is 1400. The van der Waals surface area contributed by atoms with Crippen LogP contribution in [0, 0.1) is 17.7 Å². The van der Waals surface area contributed by atoms with Gasteiger partial charge in [0, 0.05) is 30.2 Å². The number of aromatic hydroxyl groups is 1. The van der Waals surface area contributed by atoms with Gasteiger partial charge in [-0.15, -0.1) is 0 Å². The largest absolute Gasteiger partial charge is 0.508 e. The number of nitrogens with two attached hydrogens (primary N) is 2. The van der Waals surface area contributed by atoms with Crippen LogP contribution in [0.1, 0.15) is 30.4 Å². The summed E-state index contributed by atoms with van der Waals surface area (Å²) in [6, 6.07) is -0.614. The van der Waals surface area contributed by atoms with Crippen LogP contribution in [-0.4, -0.2) is 87.0 Å². The summed E-state index contributed by atoms with van der Waals surface area (Å²) in [5.74, 6) is -10.1. The van der Waals surface area contributed by atoms with Gasteiger partial charge in [-0.05, 0) is 44.7 Å². The summed E-state index contributed by atoms with van der Waals surface area (Å²) in [5, 5.41) is 44.4. The molecular formula is C26H29FN4O8. The number of benzene rings is 1. The Morgan fingerprint density at radius 1 is 1.21 bits per heavy atom. The summed E-state index contributed by atoms with van der Waals surface area (Å²) in [7, 11) is 1.35. The number of Topliss-reactive ketones (excluding diaryl/α,β-unsaturated/α-hetero) is 2. The standard InChI is InChI=1S/C26H29FN4O8/c1-30(15(32)9-31-4-2-3-5-31)14-8-13(27)11-6-10-7-12-19(28)22(35)18(25(29)38)24(37)26(12,39)23(36)16(10)21(34)17(11)20(14)33/h8,10,12,19,33-34,37,39H,2-7,9,28H2,1H3,(H2,29,38)/t10-,12-,19-,26-/m0/s1. The maximum absolute atomic E-state index is 15.4. The lowest BCUT2D eigenvalue weighted by molar-refractivity contribution is -0.149. The molecule has 0 aromatic heterocycles. The normalized spacial score (nSPS) is 28.8. The molecule has 4 aliphatic rings. The molecule has 2 fully saturated rings. The highest BCUT2D eigenvalue weighted by Crippen LogP contribution is 2.53. The third-order valence-electron chi connectivity index (χ3n) is 8.47. The molecular weight excluding hydrogens is 515 g/mol. The minimum absolute atomic E-state index is 0.0451. The first kappa shape index (κ1) is 26.8. The van der Waals surface area contributed by atoms with Crippen LogP contribution in [0.3, 0.4) is 0 Å². The van der Waals surface area contributed by atoms with Crippen molar-refractivity contribution in [1.82, 2.24) is 4.90 Å². The maximum Gasteiger partial charge on any atom is 0.255 e. The van der Waals surface area contributed by atoms with Crippen LogP contribution in [0.5, 0.6) is 5.75 Å². The quantitative estimate of drug-likeness (QED) is 0.269. The van der Waals surface area contributed by atoms with E-state index in [1.165, 1.54) is 7.05 Å². The molecule has 1 saturated heterocycles. The van der Waals surface area contributed by atoms with E-state index >= 15 is 4.39 Å². The SMILES string of the molecule is CN(C(=O)CN1CCCC1)c1cc(F)c2c(c1O)C(O)=C1C(=O)[C@]3(O)C(O)=C(C(N)=O)C(=O)[C@@H](N)[C@@H]3C[C@@H]1C2. The molecule has 1 heterocycles. The van der Waals surface area contributed by atoms with E-state index in [0.717, 1.165) is 36.9 Å². The highest BCUT2D eigenvalue weighted by Gasteiger charge is 2.63. The number of hydrogen-bond donors (Lipinski definition) is 6. The molecule has 5 rings (SSSR count). The van der Waals surface area contributed by atoms with Crippen LogP contribution in [0.15, 0.2) is 23.0 Å². The van der Waals surface area contributed by atoms with Crippen LogP contribution in [-0.2, 0) is 25.6 Å². The van der Waals surface area contributed by atoms with Gasteiger partial charge < -0.3 is 36.8 Å². The van der Waals surface area contributed by atoms with Gasteiger partial charge in [0.1, 0.15) is 22.9 Å². The van der Waals surface area contributed by atoms with Crippen molar-refractivity contribution in [3.8, 4) is 5.75 Å². The van der Waals surface area contributed by atoms with Gasteiger partial charge in [0.25, 0.3) is 5.91 Å². The molecule has 0 radical (unpaired) electrons. The van der Waals surface area contributed by atoms with Crippen molar-refractivity contribution in [1.29, 1.82) is 0 Å². The van der Waals surface area contributed by atoms with Crippen LogP contribution in [0.4, 0.5) is 10.1 Å². The number of likely N-dealkylation sites (tertiary alicyclic amines) is 1. The number of carbonyl (C=O) groups is 4. The number of fused-ring (bicyclic) bond motifs is 3. The first-order valence-corrected chi connectivity index (χ1v) is 12.6. The molecule has 12 nitrogen and oxygen atoms in total. The van der Waals surface area contributed by atoms with Crippen molar-refractivity contribution in [2.45, 2.75) is 37.3 Å². The lowest BCUT2D eigenvalue weighted by atomic mass is 9.58. The molecule has 0 unspecified atom stereocenters. The number of phenolic OH excluding ortho intramolecular Hbond substituents is 1. The number of nitrogens with zero attached hydrogens (tertiary/aromatic N) is 2. The maximum atomic E-state index is 15.4. The number of amides is 2. The Kier molecular flexibility index (Phi) is 6.28. The van der Waals surface area contributed by atoms with Gasteiger partial charge in [0.05, 0.1) is 23.8 Å². The summed E-state index contributed by atoms with van der Waals surface area (Å²) in [5.41, 5.74) is 6.06. The minimum atomic E-state index is -2.86.